The first-order valence-corrected chi connectivity index (χ1v) is 7.21. The average molecular weight is 295 g/mol. The second kappa shape index (κ2) is 6.74. The summed E-state index contributed by atoms with van der Waals surface area (Å²) in [4.78, 5) is 37.9. The van der Waals surface area contributed by atoms with E-state index in [0.717, 1.165) is 6.42 Å². The van der Waals surface area contributed by atoms with Crippen molar-refractivity contribution in [1.29, 1.82) is 0 Å². The number of nitrogens with zero attached hydrogens (tertiary/aromatic N) is 1. The maximum Gasteiger partial charge on any atom is 0.328 e. The molecule has 1 heterocycles. The van der Waals surface area contributed by atoms with Crippen LogP contribution in [0.15, 0.2) is 12.2 Å². The number of carbonyl (C=O) groups excluding carboxylic acids is 3. The Kier molecular flexibility index (Phi) is 4.98. The van der Waals surface area contributed by atoms with Crippen LogP contribution in [-0.2, 0) is 23.9 Å². The summed E-state index contributed by atoms with van der Waals surface area (Å²) < 4.78 is 9.55. The van der Waals surface area contributed by atoms with E-state index in [1.165, 1.54) is 14.2 Å². The lowest BCUT2D eigenvalue weighted by molar-refractivity contribution is -0.157. The monoisotopic (exact) mass is 295 g/mol. The molecule has 0 spiro atoms. The molecule has 0 aromatic carbocycles. The van der Waals surface area contributed by atoms with Gasteiger partial charge in [-0.05, 0) is 25.7 Å². The van der Waals surface area contributed by atoms with E-state index in [2.05, 4.69) is 0 Å². The second-order valence-corrected chi connectivity index (χ2v) is 5.39. The Bertz CT molecular complexity index is 459. The van der Waals surface area contributed by atoms with Crippen LogP contribution < -0.4 is 0 Å². The molecular weight excluding hydrogens is 274 g/mol. The first-order chi connectivity index (χ1) is 10.1. The number of methoxy groups -OCH3 is 2. The van der Waals surface area contributed by atoms with Crippen LogP contribution in [0.2, 0.25) is 0 Å². The van der Waals surface area contributed by atoms with E-state index in [1.54, 1.807) is 4.90 Å². The SMILES string of the molecule is COC(=O)[C@H]1CC=CC[C@H]1C(=O)N1CCC[C@H]1C(=O)OC. The topological polar surface area (TPSA) is 72.9 Å². The summed E-state index contributed by atoms with van der Waals surface area (Å²) in [6.45, 7) is 0.534. The molecule has 6 heteroatoms. The lowest BCUT2D eigenvalue weighted by Crippen LogP contribution is -2.47. The Labute approximate surface area is 124 Å². The number of hydrogen-bond donors (Lipinski definition) is 0. The molecule has 0 saturated carbocycles. The zero-order valence-electron chi connectivity index (χ0n) is 12.4. The van der Waals surface area contributed by atoms with Crippen LogP contribution in [0.1, 0.15) is 25.7 Å². The number of ether oxygens (including phenoxy) is 2. The average Bonchev–Trinajstić information content (AvgIpc) is 3.02. The molecule has 1 saturated heterocycles. The van der Waals surface area contributed by atoms with Crippen LogP contribution in [0.4, 0.5) is 0 Å². The zero-order valence-corrected chi connectivity index (χ0v) is 12.4. The molecule has 0 radical (unpaired) electrons. The predicted octanol–water partition coefficient (Wildman–Crippen LogP) is 0.906. The molecule has 3 atom stereocenters. The highest BCUT2D eigenvalue weighted by molar-refractivity contribution is 5.89. The Morgan fingerprint density at radius 3 is 2.24 bits per heavy atom. The van der Waals surface area contributed by atoms with Gasteiger partial charge < -0.3 is 14.4 Å². The summed E-state index contributed by atoms with van der Waals surface area (Å²) in [6.07, 6.45) is 6.20. The first-order valence-electron chi connectivity index (χ1n) is 7.21. The minimum Gasteiger partial charge on any atom is -0.469 e. The van der Waals surface area contributed by atoms with Crippen LogP contribution in [0, 0.1) is 11.8 Å². The van der Waals surface area contributed by atoms with Crippen molar-refractivity contribution >= 4 is 17.8 Å². The second-order valence-electron chi connectivity index (χ2n) is 5.39. The highest BCUT2D eigenvalue weighted by Gasteiger charge is 2.42. The number of rotatable bonds is 3. The van der Waals surface area contributed by atoms with Crippen molar-refractivity contribution in [2.24, 2.45) is 11.8 Å². The molecular formula is C15H21NO5. The quantitative estimate of drug-likeness (QED) is 0.571. The smallest absolute Gasteiger partial charge is 0.328 e. The van der Waals surface area contributed by atoms with E-state index in [0.29, 0.717) is 25.8 Å². The molecule has 1 aliphatic heterocycles. The lowest BCUT2D eigenvalue weighted by atomic mass is 9.82. The molecule has 1 aliphatic carbocycles. The molecule has 0 N–H and O–H groups in total. The normalized spacial score (nSPS) is 28.3. The van der Waals surface area contributed by atoms with Crippen LogP contribution in [-0.4, -0.2) is 49.6 Å². The van der Waals surface area contributed by atoms with Gasteiger partial charge in [0.1, 0.15) is 6.04 Å². The van der Waals surface area contributed by atoms with Gasteiger partial charge in [-0.15, -0.1) is 0 Å². The van der Waals surface area contributed by atoms with E-state index in [4.69, 9.17) is 9.47 Å². The number of hydrogen-bond acceptors (Lipinski definition) is 5. The van der Waals surface area contributed by atoms with Crippen molar-refractivity contribution in [2.45, 2.75) is 31.7 Å². The zero-order chi connectivity index (χ0) is 15.4. The Morgan fingerprint density at radius 2 is 1.62 bits per heavy atom. The summed E-state index contributed by atoms with van der Waals surface area (Å²) >= 11 is 0. The van der Waals surface area contributed by atoms with E-state index in [9.17, 15) is 14.4 Å². The summed E-state index contributed by atoms with van der Waals surface area (Å²) in [5.41, 5.74) is 0. The van der Waals surface area contributed by atoms with Crippen LogP contribution in [0.3, 0.4) is 0 Å². The number of esters is 2. The summed E-state index contributed by atoms with van der Waals surface area (Å²) in [5, 5.41) is 0. The molecule has 2 rings (SSSR count). The highest BCUT2D eigenvalue weighted by atomic mass is 16.5. The summed E-state index contributed by atoms with van der Waals surface area (Å²) in [6, 6.07) is -0.522. The minimum absolute atomic E-state index is 0.150. The summed E-state index contributed by atoms with van der Waals surface area (Å²) in [5.74, 6) is -1.82. The Hall–Kier alpha value is -1.85. The molecule has 1 amide bonds. The van der Waals surface area contributed by atoms with Crippen molar-refractivity contribution in [1.82, 2.24) is 4.90 Å². The third-order valence-electron chi connectivity index (χ3n) is 4.26. The van der Waals surface area contributed by atoms with Crippen molar-refractivity contribution in [3.8, 4) is 0 Å². The van der Waals surface area contributed by atoms with E-state index >= 15 is 0 Å². The third-order valence-corrected chi connectivity index (χ3v) is 4.26. The number of likely N-dealkylation sites (tertiary alicyclic amines) is 1. The van der Waals surface area contributed by atoms with Gasteiger partial charge in [0.15, 0.2) is 0 Å². The molecule has 116 valence electrons. The lowest BCUT2D eigenvalue weighted by Gasteiger charge is -2.31. The molecule has 2 aliphatic rings. The number of amides is 1. The minimum atomic E-state index is -0.522. The summed E-state index contributed by atoms with van der Waals surface area (Å²) in [7, 11) is 2.65. The standard InChI is InChI=1S/C15H21NO5/c1-20-14(18)11-7-4-3-6-10(11)13(17)16-9-5-8-12(16)15(19)21-2/h3-4,10-12H,5-9H2,1-2H3/t10-,11+,12+/m1/s1. The molecule has 0 aromatic rings. The van der Waals surface area contributed by atoms with Gasteiger partial charge in [0.25, 0.3) is 0 Å². The van der Waals surface area contributed by atoms with Gasteiger partial charge in [-0.3, -0.25) is 9.59 Å². The fraction of sp³-hybridized carbons (Fsp3) is 0.667. The fourth-order valence-electron chi connectivity index (χ4n) is 3.12. The maximum atomic E-state index is 12.7. The van der Waals surface area contributed by atoms with Crippen LogP contribution in [0.5, 0.6) is 0 Å². The van der Waals surface area contributed by atoms with E-state index in [1.807, 2.05) is 12.2 Å². The molecule has 21 heavy (non-hydrogen) atoms. The van der Waals surface area contributed by atoms with Gasteiger partial charge in [-0.2, -0.15) is 0 Å². The Balaban J connectivity index is 2.15. The van der Waals surface area contributed by atoms with Gasteiger partial charge in [0.2, 0.25) is 5.91 Å². The molecule has 0 bridgehead atoms. The number of carbonyl (C=O) groups is 3. The van der Waals surface area contributed by atoms with Crippen molar-refractivity contribution in [2.75, 3.05) is 20.8 Å². The molecule has 1 fully saturated rings. The van der Waals surface area contributed by atoms with Gasteiger partial charge in [0.05, 0.1) is 26.1 Å². The first kappa shape index (κ1) is 15.5. The number of allylic oxidation sites excluding steroid dienone is 2. The van der Waals surface area contributed by atoms with Gasteiger partial charge in [-0.25, -0.2) is 4.79 Å². The van der Waals surface area contributed by atoms with Crippen molar-refractivity contribution < 1.29 is 23.9 Å². The maximum absolute atomic E-state index is 12.7. The van der Waals surface area contributed by atoms with Crippen LogP contribution in [0.25, 0.3) is 0 Å². The fourth-order valence-corrected chi connectivity index (χ4v) is 3.12. The van der Waals surface area contributed by atoms with Gasteiger partial charge in [-0.1, -0.05) is 12.2 Å². The van der Waals surface area contributed by atoms with Gasteiger partial charge >= 0.3 is 11.9 Å². The predicted molar refractivity (Wildman–Crippen MR) is 74.1 cm³/mol. The Morgan fingerprint density at radius 1 is 1.00 bits per heavy atom. The largest absolute Gasteiger partial charge is 0.469 e. The molecule has 0 unspecified atom stereocenters. The van der Waals surface area contributed by atoms with E-state index < -0.39 is 17.9 Å². The van der Waals surface area contributed by atoms with Crippen LogP contribution >= 0.6 is 0 Å². The highest BCUT2D eigenvalue weighted by Crippen LogP contribution is 2.31. The van der Waals surface area contributed by atoms with Crippen molar-refractivity contribution in [3.63, 3.8) is 0 Å². The third kappa shape index (κ3) is 3.09. The van der Waals surface area contributed by atoms with E-state index in [-0.39, 0.29) is 17.8 Å². The molecule has 0 aromatic heterocycles. The van der Waals surface area contributed by atoms with Gasteiger partial charge in [0, 0.05) is 6.54 Å². The molecule has 6 nitrogen and oxygen atoms in total. The van der Waals surface area contributed by atoms with Crippen molar-refractivity contribution in [3.05, 3.63) is 12.2 Å².